The molecule has 108 valence electrons. The molecule has 0 spiro atoms. The van der Waals surface area contributed by atoms with Gasteiger partial charge in [-0.3, -0.25) is 14.9 Å². The lowest BCUT2D eigenvalue weighted by molar-refractivity contribution is -0.385. The van der Waals surface area contributed by atoms with Gasteiger partial charge in [-0.1, -0.05) is 0 Å². The highest BCUT2D eigenvalue weighted by Crippen LogP contribution is 2.34. The number of nitrogens with two attached hydrogens (primary N) is 1. The van der Waals surface area contributed by atoms with Crippen LogP contribution in [0.4, 0.5) is 15.8 Å². The Kier molecular flexibility index (Phi) is 4.19. The molecule has 1 aliphatic heterocycles. The summed E-state index contributed by atoms with van der Waals surface area (Å²) < 4.78 is 19.5. The molecular formula is C11H11BrFN3O4. The first-order valence-corrected chi connectivity index (χ1v) is 6.48. The molecule has 2 N–H and O–H groups in total. The smallest absolute Gasteiger partial charge is 0.273 e. The van der Waals surface area contributed by atoms with Crippen LogP contribution in [0.2, 0.25) is 0 Å². The number of rotatable bonds is 3. The number of nitro groups is 1. The standard InChI is InChI=1S/C11H11BrFN3O4/c12-7-3-6(16(18)19)4-8(13)10(7)15-1-2-20-9(5-15)11(14)17/h3-4,9H,1-2,5H2,(H2,14,17)/t9-/m0/s1. The number of non-ortho nitro benzene ring substituents is 1. The number of primary amides is 1. The number of nitrogens with zero attached hydrogens (tertiary/aromatic N) is 2. The SMILES string of the molecule is NC(=O)[C@@H]1CN(c2c(F)cc([N+](=O)[O-])cc2Br)CCO1. The van der Waals surface area contributed by atoms with Crippen LogP contribution in [0.3, 0.4) is 0 Å². The number of nitro benzene ring substituents is 1. The maximum Gasteiger partial charge on any atom is 0.273 e. The quantitative estimate of drug-likeness (QED) is 0.653. The molecule has 1 amide bonds. The van der Waals surface area contributed by atoms with Gasteiger partial charge in [0.1, 0.15) is 0 Å². The summed E-state index contributed by atoms with van der Waals surface area (Å²) in [6, 6.07) is 2.06. The van der Waals surface area contributed by atoms with Gasteiger partial charge in [0, 0.05) is 12.6 Å². The predicted molar refractivity (Wildman–Crippen MR) is 71.9 cm³/mol. The van der Waals surface area contributed by atoms with E-state index >= 15 is 0 Å². The molecule has 1 saturated heterocycles. The highest BCUT2D eigenvalue weighted by molar-refractivity contribution is 9.10. The van der Waals surface area contributed by atoms with Gasteiger partial charge in [0.25, 0.3) is 5.69 Å². The molecule has 1 aromatic rings. The van der Waals surface area contributed by atoms with Crippen LogP contribution in [0.25, 0.3) is 0 Å². The number of amides is 1. The van der Waals surface area contributed by atoms with Gasteiger partial charge in [-0.25, -0.2) is 4.39 Å². The molecule has 0 aliphatic carbocycles. The summed E-state index contributed by atoms with van der Waals surface area (Å²) in [5, 5.41) is 10.7. The molecule has 1 heterocycles. The topological polar surface area (TPSA) is 98.7 Å². The van der Waals surface area contributed by atoms with E-state index in [4.69, 9.17) is 10.5 Å². The lowest BCUT2D eigenvalue weighted by atomic mass is 10.2. The Morgan fingerprint density at radius 3 is 2.85 bits per heavy atom. The van der Waals surface area contributed by atoms with Crippen molar-refractivity contribution in [2.45, 2.75) is 6.10 Å². The summed E-state index contributed by atoms with van der Waals surface area (Å²) >= 11 is 3.12. The molecule has 2 rings (SSSR count). The summed E-state index contributed by atoms with van der Waals surface area (Å²) in [5.74, 6) is -1.37. The van der Waals surface area contributed by atoms with Crippen LogP contribution in [0.15, 0.2) is 16.6 Å². The molecule has 0 unspecified atom stereocenters. The Bertz CT molecular complexity index is 546. The van der Waals surface area contributed by atoms with E-state index in [1.54, 1.807) is 4.90 Å². The number of carbonyl (C=O) groups is 1. The molecule has 1 aromatic carbocycles. The van der Waals surface area contributed by atoms with Crippen molar-refractivity contribution in [2.24, 2.45) is 5.73 Å². The van der Waals surface area contributed by atoms with Crippen LogP contribution < -0.4 is 10.6 Å². The summed E-state index contributed by atoms with van der Waals surface area (Å²) in [5.41, 5.74) is 4.97. The first-order valence-electron chi connectivity index (χ1n) is 5.69. The third kappa shape index (κ3) is 2.88. The Labute approximate surface area is 121 Å². The minimum Gasteiger partial charge on any atom is -0.367 e. The zero-order valence-electron chi connectivity index (χ0n) is 10.2. The van der Waals surface area contributed by atoms with Crippen molar-refractivity contribution < 1.29 is 18.8 Å². The number of hydrogen-bond donors (Lipinski definition) is 1. The molecule has 7 nitrogen and oxygen atoms in total. The Morgan fingerprint density at radius 2 is 2.30 bits per heavy atom. The average Bonchev–Trinajstić information content (AvgIpc) is 2.38. The lowest BCUT2D eigenvalue weighted by Crippen LogP contribution is -2.48. The van der Waals surface area contributed by atoms with Crippen LogP contribution in [0, 0.1) is 15.9 Å². The highest BCUT2D eigenvalue weighted by atomic mass is 79.9. The zero-order valence-corrected chi connectivity index (χ0v) is 11.8. The third-order valence-electron chi connectivity index (χ3n) is 2.91. The second-order valence-electron chi connectivity index (χ2n) is 4.22. The molecule has 1 atom stereocenters. The van der Waals surface area contributed by atoms with Crippen LogP contribution in [0.5, 0.6) is 0 Å². The van der Waals surface area contributed by atoms with Gasteiger partial charge in [-0.05, 0) is 15.9 Å². The molecule has 0 aromatic heterocycles. The molecule has 0 radical (unpaired) electrons. The van der Waals surface area contributed by atoms with E-state index in [9.17, 15) is 19.3 Å². The van der Waals surface area contributed by atoms with Gasteiger partial charge >= 0.3 is 0 Å². The van der Waals surface area contributed by atoms with Crippen LogP contribution in [-0.2, 0) is 9.53 Å². The lowest BCUT2D eigenvalue weighted by Gasteiger charge is -2.33. The summed E-state index contributed by atoms with van der Waals surface area (Å²) in [7, 11) is 0. The van der Waals surface area contributed by atoms with Crippen molar-refractivity contribution in [3.05, 3.63) is 32.5 Å². The maximum absolute atomic E-state index is 14.1. The molecule has 1 aliphatic rings. The van der Waals surface area contributed by atoms with Crippen molar-refractivity contribution in [1.82, 2.24) is 0 Å². The Morgan fingerprint density at radius 1 is 1.60 bits per heavy atom. The molecule has 1 fully saturated rings. The number of ether oxygens (including phenoxy) is 1. The fourth-order valence-corrected chi connectivity index (χ4v) is 2.66. The number of anilines is 1. The van der Waals surface area contributed by atoms with Crippen molar-refractivity contribution in [3.63, 3.8) is 0 Å². The van der Waals surface area contributed by atoms with E-state index in [1.807, 2.05) is 0 Å². The van der Waals surface area contributed by atoms with Gasteiger partial charge in [0.05, 0.1) is 34.3 Å². The summed E-state index contributed by atoms with van der Waals surface area (Å²) in [6.07, 6.45) is -0.828. The summed E-state index contributed by atoms with van der Waals surface area (Å²) in [4.78, 5) is 22.7. The van der Waals surface area contributed by atoms with E-state index < -0.39 is 22.8 Å². The molecule has 20 heavy (non-hydrogen) atoms. The van der Waals surface area contributed by atoms with Crippen LogP contribution >= 0.6 is 15.9 Å². The first-order chi connectivity index (χ1) is 9.40. The highest BCUT2D eigenvalue weighted by Gasteiger charge is 2.28. The number of hydrogen-bond acceptors (Lipinski definition) is 5. The van der Waals surface area contributed by atoms with Crippen molar-refractivity contribution in [2.75, 3.05) is 24.6 Å². The molecule has 0 bridgehead atoms. The number of benzene rings is 1. The number of carbonyl (C=O) groups excluding carboxylic acids is 1. The van der Waals surface area contributed by atoms with Crippen LogP contribution in [0.1, 0.15) is 0 Å². The monoisotopic (exact) mass is 347 g/mol. The van der Waals surface area contributed by atoms with Gasteiger partial charge in [0.2, 0.25) is 5.91 Å². The molecular weight excluding hydrogens is 337 g/mol. The van der Waals surface area contributed by atoms with E-state index in [0.717, 1.165) is 6.07 Å². The predicted octanol–water partition coefficient (Wildman–Crippen LogP) is 1.19. The normalized spacial score (nSPS) is 18.9. The van der Waals surface area contributed by atoms with Crippen molar-refractivity contribution in [3.8, 4) is 0 Å². The molecule has 9 heteroatoms. The van der Waals surface area contributed by atoms with E-state index in [0.29, 0.717) is 6.54 Å². The second kappa shape index (κ2) is 5.71. The second-order valence-corrected chi connectivity index (χ2v) is 5.08. The molecule has 0 saturated carbocycles. The largest absolute Gasteiger partial charge is 0.367 e. The minimum atomic E-state index is -0.828. The maximum atomic E-state index is 14.1. The summed E-state index contributed by atoms with van der Waals surface area (Å²) in [6.45, 7) is 0.677. The van der Waals surface area contributed by atoms with E-state index in [2.05, 4.69) is 15.9 Å². The van der Waals surface area contributed by atoms with Gasteiger partial charge in [-0.15, -0.1) is 0 Å². The number of morpholine rings is 1. The number of halogens is 2. The zero-order chi connectivity index (χ0) is 14.9. The van der Waals surface area contributed by atoms with Crippen molar-refractivity contribution >= 4 is 33.2 Å². The van der Waals surface area contributed by atoms with E-state index in [1.165, 1.54) is 6.07 Å². The Balaban J connectivity index is 2.33. The fourth-order valence-electron chi connectivity index (χ4n) is 1.98. The fraction of sp³-hybridized carbons (Fsp3) is 0.364. The van der Waals surface area contributed by atoms with Crippen LogP contribution in [-0.4, -0.2) is 36.6 Å². The minimum absolute atomic E-state index is 0.0999. The third-order valence-corrected chi connectivity index (χ3v) is 3.52. The first kappa shape index (κ1) is 14.7. The van der Waals surface area contributed by atoms with Crippen molar-refractivity contribution in [1.29, 1.82) is 0 Å². The average molecular weight is 348 g/mol. The van der Waals surface area contributed by atoms with Gasteiger partial charge in [-0.2, -0.15) is 0 Å². The van der Waals surface area contributed by atoms with E-state index in [-0.39, 0.29) is 29.0 Å². The Hall–Kier alpha value is -1.74. The van der Waals surface area contributed by atoms with Gasteiger partial charge in [0.15, 0.2) is 11.9 Å². The van der Waals surface area contributed by atoms with Gasteiger partial charge < -0.3 is 15.4 Å².